The largest absolute Gasteiger partial charge is 0.488 e. The van der Waals surface area contributed by atoms with E-state index in [4.69, 9.17) is 10.5 Å². The number of anilines is 2. The Labute approximate surface area is 172 Å². The molecule has 1 aromatic heterocycles. The van der Waals surface area contributed by atoms with Crippen molar-refractivity contribution >= 4 is 11.5 Å². The molecule has 0 radical (unpaired) electrons. The molecule has 2 aromatic carbocycles. The molecule has 3 N–H and O–H groups in total. The van der Waals surface area contributed by atoms with Crippen LogP contribution in [-0.4, -0.2) is 16.6 Å². The lowest BCUT2D eigenvalue weighted by molar-refractivity contribution is 0.310. The fourth-order valence-corrected chi connectivity index (χ4v) is 3.70. The third-order valence-corrected chi connectivity index (χ3v) is 5.40. The maximum Gasteiger partial charge on any atom is 0.188 e. The topological polar surface area (TPSA) is 73.1 Å². The number of aryl methyl sites for hydroxylation is 2. The maximum atomic E-state index is 6.17. The second-order valence-corrected chi connectivity index (χ2v) is 7.65. The van der Waals surface area contributed by atoms with E-state index in [1.807, 2.05) is 0 Å². The molecule has 0 aliphatic heterocycles. The predicted octanol–water partition coefficient (Wildman–Crippen LogP) is 5.32. The molecule has 0 fully saturated rings. The molecule has 29 heavy (non-hydrogen) atoms. The van der Waals surface area contributed by atoms with Crippen molar-refractivity contribution in [1.82, 2.24) is 9.97 Å². The van der Waals surface area contributed by atoms with Crippen LogP contribution < -0.4 is 15.8 Å². The Hall–Kier alpha value is -2.92. The van der Waals surface area contributed by atoms with Crippen molar-refractivity contribution in [3.63, 3.8) is 0 Å². The number of nitrogens with two attached hydrogens (primary N) is 1. The Kier molecular flexibility index (Phi) is 5.76. The van der Waals surface area contributed by atoms with Crippen molar-refractivity contribution in [2.75, 3.05) is 11.9 Å². The minimum atomic E-state index is 0.152. The van der Waals surface area contributed by atoms with E-state index in [-0.39, 0.29) is 6.04 Å². The number of rotatable bonds is 7. The summed E-state index contributed by atoms with van der Waals surface area (Å²) in [7, 11) is 0. The standard InChI is InChI=1S/C24H28N4O/c1-3-4-13-29-23-22(17-7-5-16(2)6-8-17)26-15-27-24(23)28-19-10-11-20-18(14-19)9-12-21(20)25/h5-8,10-11,14-15,21H,3-4,9,12-13,25H2,1-2H3,(H,26,27,28). The molecular formula is C24H28N4O. The van der Waals surface area contributed by atoms with Gasteiger partial charge in [-0.05, 0) is 49.4 Å². The molecule has 150 valence electrons. The molecular weight excluding hydrogens is 360 g/mol. The van der Waals surface area contributed by atoms with Gasteiger partial charge in [-0.2, -0.15) is 0 Å². The third kappa shape index (κ3) is 4.25. The molecule has 1 aliphatic rings. The number of nitrogens with zero attached hydrogens (tertiary/aromatic N) is 2. The van der Waals surface area contributed by atoms with Gasteiger partial charge in [0.25, 0.3) is 0 Å². The highest BCUT2D eigenvalue weighted by molar-refractivity contribution is 5.75. The average Bonchev–Trinajstić information content (AvgIpc) is 3.10. The Balaban J connectivity index is 1.68. The second kappa shape index (κ2) is 8.62. The summed E-state index contributed by atoms with van der Waals surface area (Å²) in [6.45, 7) is 4.87. The van der Waals surface area contributed by atoms with Crippen molar-refractivity contribution in [3.8, 4) is 17.0 Å². The normalized spacial score (nSPS) is 15.2. The lowest BCUT2D eigenvalue weighted by Crippen LogP contribution is -2.06. The molecule has 0 bridgehead atoms. The van der Waals surface area contributed by atoms with Crippen LogP contribution >= 0.6 is 0 Å². The monoisotopic (exact) mass is 388 g/mol. The average molecular weight is 389 g/mol. The summed E-state index contributed by atoms with van der Waals surface area (Å²) < 4.78 is 6.17. The Morgan fingerprint density at radius 3 is 2.76 bits per heavy atom. The quantitative estimate of drug-likeness (QED) is 0.536. The molecule has 1 heterocycles. The number of aromatic nitrogens is 2. The highest BCUT2D eigenvalue weighted by Gasteiger charge is 2.20. The van der Waals surface area contributed by atoms with E-state index in [9.17, 15) is 0 Å². The first-order valence-electron chi connectivity index (χ1n) is 10.4. The summed E-state index contributed by atoms with van der Waals surface area (Å²) in [4.78, 5) is 9.03. The minimum Gasteiger partial charge on any atom is -0.488 e. The lowest BCUT2D eigenvalue weighted by atomic mass is 10.1. The summed E-state index contributed by atoms with van der Waals surface area (Å²) in [5, 5.41) is 3.45. The molecule has 3 aromatic rings. The van der Waals surface area contributed by atoms with E-state index in [2.05, 4.69) is 71.6 Å². The lowest BCUT2D eigenvalue weighted by Gasteiger charge is -2.16. The van der Waals surface area contributed by atoms with Gasteiger partial charge in [-0.1, -0.05) is 49.2 Å². The second-order valence-electron chi connectivity index (χ2n) is 7.65. The fraction of sp³-hybridized carbons (Fsp3) is 0.333. The first kappa shape index (κ1) is 19.4. The molecule has 0 saturated carbocycles. The van der Waals surface area contributed by atoms with Gasteiger partial charge in [0.1, 0.15) is 12.0 Å². The van der Waals surface area contributed by atoms with E-state index in [1.54, 1.807) is 6.33 Å². The van der Waals surface area contributed by atoms with Crippen LogP contribution in [-0.2, 0) is 6.42 Å². The molecule has 1 aliphatic carbocycles. The van der Waals surface area contributed by atoms with E-state index in [1.165, 1.54) is 16.7 Å². The van der Waals surface area contributed by atoms with Gasteiger partial charge in [-0.15, -0.1) is 0 Å². The molecule has 0 saturated heterocycles. The van der Waals surface area contributed by atoms with Crippen LogP contribution in [0.15, 0.2) is 48.8 Å². The van der Waals surface area contributed by atoms with Gasteiger partial charge in [0.05, 0.1) is 6.61 Å². The first-order valence-corrected chi connectivity index (χ1v) is 10.4. The van der Waals surface area contributed by atoms with Crippen LogP contribution in [0, 0.1) is 6.92 Å². The van der Waals surface area contributed by atoms with E-state index < -0.39 is 0 Å². The fourth-order valence-electron chi connectivity index (χ4n) is 3.70. The van der Waals surface area contributed by atoms with Crippen LogP contribution in [0.3, 0.4) is 0 Å². The van der Waals surface area contributed by atoms with Gasteiger partial charge in [-0.3, -0.25) is 0 Å². The smallest absolute Gasteiger partial charge is 0.188 e. The van der Waals surface area contributed by atoms with Gasteiger partial charge in [-0.25, -0.2) is 9.97 Å². The molecule has 0 amide bonds. The molecule has 5 nitrogen and oxygen atoms in total. The number of fused-ring (bicyclic) bond motifs is 1. The molecule has 0 spiro atoms. The highest BCUT2D eigenvalue weighted by atomic mass is 16.5. The number of nitrogens with one attached hydrogen (secondary N) is 1. The molecule has 4 rings (SSSR count). The summed E-state index contributed by atoms with van der Waals surface area (Å²) in [5.41, 5.74) is 12.8. The Morgan fingerprint density at radius 2 is 1.97 bits per heavy atom. The van der Waals surface area contributed by atoms with E-state index in [0.29, 0.717) is 18.2 Å². The predicted molar refractivity (Wildman–Crippen MR) is 118 cm³/mol. The van der Waals surface area contributed by atoms with Gasteiger partial charge < -0.3 is 15.8 Å². The summed E-state index contributed by atoms with van der Waals surface area (Å²) >= 11 is 0. The molecule has 5 heteroatoms. The van der Waals surface area contributed by atoms with Gasteiger partial charge in [0, 0.05) is 17.3 Å². The molecule has 1 atom stereocenters. The zero-order valence-corrected chi connectivity index (χ0v) is 17.1. The summed E-state index contributed by atoms with van der Waals surface area (Å²) in [6.07, 6.45) is 5.67. The van der Waals surface area contributed by atoms with Crippen LogP contribution in [0.4, 0.5) is 11.5 Å². The summed E-state index contributed by atoms with van der Waals surface area (Å²) in [5.74, 6) is 1.39. The van der Waals surface area contributed by atoms with Crippen molar-refractivity contribution in [3.05, 3.63) is 65.5 Å². The van der Waals surface area contributed by atoms with E-state index in [0.717, 1.165) is 42.6 Å². The number of benzene rings is 2. The van der Waals surface area contributed by atoms with Gasteiger partial charge in [0.2, 0.25) is 0 Å². The van der Waals surface area contributed by atoms with E-state index >= 15 is 0 Å². The Morgan fingerprint density at radius 1 is 1.14 bits per heavy atom. The van der Waals surface area contributed by atoms with Crippen molar-refractivity contribution < 1.29 is 4.74 Å². The first-order chi connectivity index (χ1) is 14.2. The Bertz CT molecular complexity index is 985. The number of ether oxygens (including phenoxy) is 1. The summed E-state index contributed by atoms with van der Waals surface area (Å²) in [6, 6.07) is 14.8. The number of hydrogen-bond acceptors (Lipinski definition) is 5. The van der Waals surface area contributed by atoms with Crippen LogP contribution in [0.5, 0.6) is 5.75 Å². The van der Waals surface area contributed by atoms with Gasteiger partial charge >= 0.3 is 0 Å². The van der Waals surface area contributed by atoms with Crippen molar-refractivity contribution in [2.24, 2.45) is 5.73 Å². The van der Waals surface area contributed by atoms with Crippen molar-refractivity contribution in [2.45, 2.75) is 45.6 Å². The van der Waals surface area contributed by atoms with Crippen LogP contribution in [0.25, 0.3) is 11.3 Å². The number of unbranched alkanes of at least 4 members (excludes halogenated alkanes) is 1. The van der Waals surface area contributed by atoms with Gasteiger partial charge in [0.15, 0.2) is 11.6 Å². The number of hydrogen-bond donors (Lipinski definition) is 2. The third-order valence-electron chi connectivity index (χ3n) is 5.40. The van der Waals surface area contributed by atoms with Crippen LogP contribution in [0.1, 0.15) is 48.9 Å². The van der Waals surface area contributed by atoms with Crippen molar-refractivity contribution in [1.29, 1.82) is 0 Å². The zero-order chi connectivity index (χ0) is 20.2. The van der Waals surface area contributed by atoms with Crippen LogP contribution in [0.2, 0.25) is 0 Å². The zero-order valence-electron chi connectivity index (χ0n) is 17.1. The SMILES string of the molecule is CCCCOc1c(Nc2ccc3c(c2)CCC3N)ncnc1-c1ccc(C)cc1. The minimum absolute atomic E-state index is 0.152. The molecule has 1 unspecified atom stereocenters. The maximum absolute atomic E-state index is 6.17. The highest BCUT2D eigenvalue weighted by Crippen LogP contribution is 2.37.